The van der Waals surface area contributed by atoms with Gasteiger partial charge >= 0.3 is 5.97 Å². The Balaban J connectivity index is 3.60. The Morgan fingerprint density at radius 3 is 2.70 bits per heavy atom. The highest BCUT2D eigenvalue weighted by Gasteiger charge is 1.90. The van der Waals surface area contributed by atoms with Crippen LogP contribution in [0.25, 0.3) is 0 Å². The SMILES string of the molecule is CC(=CC(=O)O)NCCO. The second kappa shape index (κ2) is 4.81. The molecule has 0 heterocycles. The smallest absolute Gasteiger partial charge is 0.330 e. The molecule has 0 fully saturated rings. The molecule has 58 valence electrons. The maximum atomic E-state index is 9.99. The lowest BCUT2D eigenvalue weighted by Gasteiger charge is -2.00. The first-order chi connectivity index (χ1) is 4.66. The molecule has 0 unspecified atom stereocenters. The number of carbonyl (C=O) groups is 1. The van der Waals surface area contributed by atoms with Crippen LogP contribution in [0, 0.1) is 0 Å². The van der Waals surface area contributed by atoms with Crippen molar-refractivity contribution in [2.75, 3.05) is 13.2 Å². The highest BCUT2D eigenvalue weighted by Crippen LogP contribution is 1.83. The zero-order chi connectivity index (χ0) is 7.98. The molecule has 0 aliphatic carbocycles. The molecule has 0 aliphatic heterocycles. The average Bonchev–Trinajstić information content (AvgIpc) is 1.82. The number of carboxylic acid groups (broad SMARTS) is 1. The van der Waals surface area contributed by atoms with Crippen LogP contribution in [-0.2, 0) is 4.79 Å². The largest absolute Gasteiger partial charge is 0.478 e. The van der Waals surface area contributed by atoms with E-state index >= 15 is 0 Å². The van der Waals surface area contributed by atoms with Gasteiger partial charge in [0, 0.05) is 18.3 Å². The van der Waals surface area contributed by atoms with Crippen molar-refractivity contribution in [3.8, 4) is 0 Å². The van der Waals surface area contributed by atoms with Crippen molar-refractivity contribution in [2.24, 2.45) is 0 Å². The minimum atomic E-state index is -0.983. The van der Waals surface area contributed by atoms with E-state index in [0.717, 1.165) is 6.08 Å². The normalized spacial score (nSPS) is 11.2. The molecule has 0 aliphatic rings. The summed E-state index contributed by atoms with van der Waals surface area (Å²) in [6.45, 7) is 2.02. The summed E-state index contributed by atoms with van der Waals surface area (Å²) in [5.74, 6) is -0.983. The monoisotopic (exact) mass is 145 g/mol. The van der Waals surface area contributed by atoms with E-state index in [4.69, 9.17) is 10.2 Å². The Bertz CT molecular complexity index is 142. The molecule has 0 aromatic heterocycles. The van der Waals surface area contributed by atoms with Crippen LogP contribution < -0.4 is 5.32 Å². The summed E-state index contributed by atoms with van der Waals surface area (Å²) in [5.41, 5.74) is 0.543. The van der Waals surface area contributed by atoms with Gasteiger partial charge in [0.15, 0.2) is 0 Å². The third-order valence-corrected chi connectivity index (χ3v) is 0.856. The molecule has 4 nitrogen and oxygen atoms in total. The van der Waals surface area contributed by atoms with E-state index in [-0.39, 0.29) is 6.61 Å². The molecule has 0 atom stereocenters. The number of aliphatic hydroxyl groups excluding tert-OH is 1. The van der Waals surface area contributed by atoms with Gasteiger partial charge in [-0.2, -0.15) is 0 Å². The van der Waals surface area contributed by atoms with Gasteiger partial charge in [-0.3, -0.25) is 0 Å². The van der Waals surface area contributed by atoms with Crippen LogP contribution in [0.1, 0.15) is 6.92 Å². The molecule has 0 aromatic carbocycles. The lowest BCUT2D eigenvalue weighted by Crippen LogP contribution is -2.16. The molecule has 0 aromatic rings. The molecular weight excluding hydrogens is 134 g/mol. The number of nitrogens with one attached hydrogen (secondary N) is 1. The Labute approximate surface area is 59.2 Å². The van der Waals surface area contributed by atoms with Crippen molar-refractivity contribution in [3.63, 3.8) is 0 Å². The quantitative estimate of drug-likeness (QED) is 0.469. The first-order valence-corrected chi connectivity index (χ1v) is 2.92. The van der Waals surface area contributed by atoms with E-state index in [9.17, 15) is 4.79 Å². The number of carboxylic acids is 1. The van der Waals surface area contributed by atoms with Crippen molar-refractivity contribution in [1.29, 1.82) is 0 Å². The number of allylic oxidation sites excluding steroid dienone is 1. The van der Waals surface area contributed by atoms with Gasteiger partial charge in [-0.1, -0.05) is 0 Å². The van der Waals surface area contributed by atoms with E-state index in [1.807, 2.05) is 0 Å². The summed E-state index contributed by atoms with van der Waals surface area (Å²) in [5, 5.41) is 19.2. The second-order valence-corrected chi connectivity index (χ2v) is 1.82. The molecule has 3 N–H and O–H groups in total. The second-order valence-electron chi connectivity index (χ2n) is 1.82. The fourth-order valence-electron chi connectivity index (χ4n) is 0.489. The Morgan fingerprint density at radius 1 is 1.70 bits per heavy atom. The van der Waals surface area contributed by atoms with Gasteiger partial charge in [0.05, 0.1) is 6.61 Å². The van der Waals surface area contributed by atoms with Crippen LogP contribution >= 0.6 is 0 Å². The van der Waals surface area contributed by atoms with Gasteiger partial charge in [-0.25, -0.2) is 4.79 Å². The van der Waals surface area contributed by atoms with Crippen LogP contribution in [0.4, 0.5) is 0 Å². The first kappa shape index (κ1) is 8.97. The van der Waals surface area contributed by atoms with Crippen LogP contribution in [0.2, 0.25) is 0 Å². The maximum absolute atomic E-state index is 9.99. The molecule has 0 bridgehead atoms. The molecule has 0 spiro atoms. The zero-order valence-corrected chi connectivity index (χ0v) is 5.79. The number of hydrogen-bond acceptors (Lipinski definition) is 3. The summed E-state index contributed by atoms with van der Waals surface area (Å²) < 4.78 is 0. The molecule has 0 rings (SSSR count). The molecule has 0 saturated carbocycles. The molecule has 0 amide bonds. The third-order valence-electron chi connectivity index (χ3n) is 0.856. The minimum absolute atomic E-state index is 0.00476. The first-order valence-electron chi connectivity index (χ1n) is 2.92. The predicted molar refractivity (Wildman–Crippen MR) is 36.5 cm³/mol. The van der Waals surface area contributed by atoms with E-state index in [1.165, 1.54) is 0 Å². The Morgan fingerprint density at radius 2 is 2.30 bits per heavy atom. The standard InChI is InChI=1S/C6H11NO3/c1-5(4-6(9)10)7-2-3-8/h4,7-8H,2-3H2,1H3,(H,9,10). The Kier molecular flexibility index (Phi) is 4.32. The van der Waals surface area contributed by atoms with Crippen LogP contribution in [-0.4, -0.2) is 29.3 Å². The van der Waals surface area contributed by atoms with Crippen molar-refractivity contribution in [1.82, 2.24) is 5.32 Å². The molecule has 4 heteroatoms. The van der Waals surface area contributed by atoms with Crippen LogP contribution in [0.3, 0.4) is 0 Å². The molecule has 0 saturated heterocycles. The predicted octanol–water partition coefficient (Wildman–Crippen LogP) is -0.443. The van der Waals surface area contributed by atoms with Gasteiger partial charge in [0.25, 0.3) is 0 Å². The Hall–Kier alpha value is -1.03. The summed E-state index contributed by atoms with van der Waals surface area (Å²) >= 11 is 0. The van der Waals surface area contributed by atoms with Gasteiger partial charge in [-0.15, -0.1) is 0 Å². The van der Waals surface area contributed by atoms with Gasteiger partial charge in [0.2, 0.25) is 0 Å². The summed E-state index contributed by atoms with van der Waals surface area (Å²) in [4.78, 5) is 9.99. The van der Waals surface area contributed by atoms with Gasteiger partial charge in [0.1, 0.15) is 0 Å². The topological polar surface area (TPSA) is 69.6 Å². The fraction of sp³-hybridized carbons (Fsp3) is 0.500. The van der Waals surface area contributed by atoms with E-state index in [1.54, 1.807) is 6.92 Å². The van der Waals surface area contributed by atoms with E-state index in [2.05, 4.69) is 5.32 Å². The minimum Gasteiger partial charge on any atom is -0.478 e. The van der Waals surface area contributed by atoms with Gasteiger partial charge in [-0.05, 0) is 6.92 Å². The number of rotatable bonds is 4. The lowest BCUT2D eigenvalue weighted by atomic mass is 10.4. The van der Waals surface area contributed by atoms with Crippen molar-refractivity contribution in [2.45, 2.75) is 6.92 Å². The van der Waals surface area contributed by atoms with E-state index in [0.29, 0.717) is 12.2 Å². The summed E-state index contributed by atoms with van der Waals surface area (Å²) in [6, 6.07) is 0. The molecule has 0 radical (unpaired) electrons. The van der Waals surface area contributed by atoms with E-state index < -0.39 is 5.97 Å². The fourth-order valence-corrected chi connectivity index (χ4v) is 0.489. The van der Waals surface area contributed by atoms with Crippen molar-refractivity contribution >= 4 is 5.97 Å². The summed E-state index contributed by atoms with van der Waals surface area (Å²) in [7, 11) is 0. The number of hydrogen-bond donors (Lipinski definition) is 3. The summed E-state index contributed by atoms with van der Waals surface area (Å²) in [6.07, 6.45) is 1.05. The zero-order valence-electron chi connectivity index (χ0n) is 5.79. The highest BCUT2D eigenvalue weighted by atomic mass is 16.4. The van der Waals surface area contributed by atoms with Crippen molar-refractivity contribution < 1.29 is 15.0 Å². The lowest BCUT2D eigenvalue weighted by molar-refractivity contribution is -0.131. The van der Waals surface area contributed by atoms with Crippen molar-refractivity contribution in [3.05, 3.63) is 11.8 Å². The average molecular weight is 145 g/mol. The highest BCUT2D eigenvalue weighted by molar-refractivity contribution is 5.80. The van der Waals surface area contributed by atoms with Gasteiger partial charge < -0.3 is 15.5 Å². The molecular formula is C6H11NO3. The van der Waals surface area contributed by atoms with Crippen LogP contribution in [0.15, 0.2) is 11.8 Å². The van der Waals surface area contributed by atoms with Crippen LogP contribution in [0.5, 0.6) is 0 Å². The maximum Gasteiger partial charge on any atom is 0.330 e. The third kappa shape index (κ3) is 5.11. The number of aliphatic carboxylic acids is 1. The number of aliphatic hydroxyl groups is 1. The molecule has 10 heavy (non-hydrogen) atoms.